The Bertz CT molecular complexity index is 798. The van der Waals surface area contributed by atoms with Crippen LogP contribution in [0.25, 0.3) is 0 Å². The summed E-state index contributed by atoms with van der Waals surface area (Å²) in [5, 5.41) is 9.60. The second-order valence-electron chi connectivity index (χ2n) is 7.50. The lowest BCUT2D eigenvalue weighted by Crippen LogP contribution is -2.49. The van der Waals surface area contributed by atoms with Crippen LogP contribution in [-0.2, 0) is 11.3 Å². The molecule has 2 rings (SSSR count). The Hall–Kier alpha value is -2.37. The fourth-order valence-corrected chi connectivity index (χ4v) is 2.53. The minimum Gasteiger partial charge on any atom is -0.350 e. The summed E-state index contributed by atoms with van der Waals surface area (Å²) in [5.74, 6) is -0.246. The minimum atomic E-state index is -0.323. The van der Waals surface area contributed by atoms with Crippen LogP contribution in [0, 0.1) is 0 Å². The Kier molecular flexibility index (Phi) is 6.99. The van der Waals surface area contributed by atoms with E-state index in [2.05, 4.69) is 16.0 Å². The largest absolute Gasteiger partial charge is 0.350 e. The third-order valence-corrected chi connectivity index (χ3v) is 4.05. The number of nitrogens with one attached hydrogen (secondary N) is 3. The molecule has 1 unspecified atom stereocenters. The van der Waals surface area contributed by atoms with Gasteiger partial charge in [-0.1, -0.05) is 23.7 Å². The first-order chi connectivity index (χ1) is 12.6. The van der Waals surface area contributed by atoms with Crippen LogP contribution < -0.4 is 16.0 Å². The zero-order chi connectivity index (χ0) is 20.0. The molecule has 0 aromatic heterocycles. The van der Waals surface area contributed by atoms with Crippen LogP contribution in [0.2, 0.25) is 5.02 Å². The van der Waals surface area contributed by atoms with Crippen molar-refractivity contribution >= 4 is 29.1 Å². The zero-order valence-electron chi connectivity index (χ0n) is 16.1. The third-order valence-electron chi connectivity index (χ3n) is 3.80. The van der Waals surface area contributed by atoms with Crippen LogP contribution in [0.1, 0.15) is 43.6 Å². The first kappa shape index (κ1) is 20.9. The number of benzene rings is 2. The Morgan fingerprint density at radius 3 is 2.37 bits per heavy atom. The molecule has 27 heavy (non-hydrogen) atoms. The van der Waals surface area contributed by atoms with Gasteiger partial charge in [0.1, 0.15) is 0 Å². The van der Waals surface area contributed by atoms with E-state index >= 15 is 0 Å². The van der Waals surface area contributed by atoms with Crippen molar-refractivity contribution in [2.45, 2.75) is 45.8 Å². The second kappa shape index (κ2) is 9.02. The summed E-state index contributed by atoms with van der Waals surface area (Å²) >= 11 is 5.85. The summed E-state index contributed by atoms with van der Waals surface area (Å²) in [7, 11) is 0. The molecule has 0 aliphatic carbocycles. The average molecular weight is 388 g/mol. The van der Waals surface area contributed by atoms with Gasteiger partial charge in [0, 0.05) is 28.4 Å². The molecule has 0 saturated carbocycles. The molecule has 2 aromatic carbocycles. The molecule has 1 atom stereocenters. The minimum absolute atomic E-state index is 0.0466. The zero-order valence-corrected chi connectivity index (χ0v) is 16.9. The summed E-state index contributed by atoms with van der Waals surface area (Å²) in [6.07, 6.45) is 0. The predicted octanol–water partition coefficient (Wildman–Crippen LogP) is 3.99. The number of hydrogen-bond acceptors (Lipinski definition) is 3. The maximum atomic E-state index is 12.3. The molecule has 2 aromatic rings. The van der Waals surface area contributed by atoms with Crippen LogP contribution in [0.5, 0.6) is 0 Å². The van der Waals surface area contributed by atoms with Gasteiger partial charge in [0.2, 0.25) is 5.91 Å². The van der Waals surface area contributed by atoms with Crippen molar-refractivity contribution in [2.75, 3.05) is 5.32 Å². The molecule has 0 bridgehead atoms. The lowest BCUT2D eigenvalue weighted by molar-refractivity contribution is -0.124. The van der Waals surface area contributed by atoms with E-state index in [1.165, 1.54) is 0 Å². The van der Waals surface area contributed by atoms with E-state index in [4.69, 9.17) is 11.6 Å². The topological polar surface area (TPSA) is 70.2 Å². The van der Waals surface area contributed by atoms with Gasteiger partial charge in [-0.15, -0.1) is 0 Å². The Morgan fingerprint density at radius 1 is 1.07 bits per heavy atom. The molecule has 5 nitrogen and oxygen atoms in total. The average Bonchev–Trinajstić information content (AvgIpc) is 2.59. The van der Waals surface area contributed by atoms with E-state index < -0.39 is 0 Å². The highest BCUT2D eigenvalue weighted by Gasteiger charge is 2.18. The lowest BCUT2D eigenvalue weighted by Gasteiger charge is -2.23. The smallest absolute Gasteiger partial charge is 0.255 e. The summed E-state index contributed by atoms with van der Waals surface area (Å²) in [5.41, 5.74) is 1.94. The van der Waals surface area contributed by atoms with E-state index in [-0.39, 0.29) is 23.4 Å². The first-order valence-corrected chi connectivity index (χ1v) is 9.23. The van der Waals surface area contributed by atoms with Crippen molar-refractivity contribution in [2.24, 2.45) is 0 Å². The molecule has 0 saturated heterocycles. The van der Waals surface area contributed by atoms with Crippen LogP contribution in [0.15, 0.2) is 48.5 Å². The number of rotatable bonds is 6. The van der Waals surface area contributed by atoms with Gasteiger partial charge in [-0.25, -0.2) is 0 Å². The van der Waals surface area contributed by atoms with E-state index in [0.29, 0.717) is 22.8 Å². The monoisotopic (exact) mass is 387 g/mol. The van der Waals surface area contributed by atoms with Gasteiger partial charge >= 0.3 is 0 Å². The number of carbonyl (C=O) groups is 2. The van der Waals surface area contributed by atoms with Crippen molar-refractivity contribution in [1.82, 2.24) is 10.6 Å². The number of carbonyl (C=O) groups excluding carboxylic acids is 2. The molecular weight excluding hydrogens is 362 g/mol. The van der Waals surface area contributed by atoms with Gasteiger partial charge in [0.05, 0.1) is 6.04 Å². The highest BCUT2D eigenvalue weighted by molar-refractivity contribution is 6.30. The molecule has 2 amide bonds. The Balaban J connectivity index is 1.94. The van der Waals surface area contributed by atoms with Crippen LogP contribution in [-0.4, -0.2) is 23.4 Å². The summed E-state index contributed by atoms with van der Waals surface area (Å²) in [6.45, 7) is 8.19. The quantitative estimate of drug-likeness (QED) is 0.702. The molecule has 0 aliphatic rings. The number of hydrogen-bond donors (Lipinski definition) is 3. The highest BCUT2D eigenvalue weighted by atomic mass is 35.5. The molecule has 0 heterocycles. The molecule has 0 radical (unpaired) electrons. The standard InChI is InChI=1S/C21H26ClN3O2/c1-14(19(26)25-21(2,3)4)23-13-15-6-5-7-18(12-15)24-20(27)16-8-10-17(22)11-9-16/h5-12,14,23H,13H2,1-4H3,(H,24,27)(H,25,26). The molecular formula is C21H26ClN3O2. The molecule has 0 spiro atoms. The van der Waals surface area contributed by atoms with Gasteiger partial charge in [0.15, 0.2) is 0 Å². The van der Waals surface area contributed by atoms with Crippen molar-refractivity contribution in [3.8, 4) is 0 Å². The van der Waals surface area contributed by atoms with Crippen LogP contribution in [0.3, 0.4) is 0 Å². The maximum absolute atomic E-state index is 12.3. The van der Waals surface area contributed by atoms with Gasteiger partial charge in [-0.2, -0.15) is 0 Å². The van der Waals surface area contributed by atoms with Gasteiger partial charge < -0.3 is 16.0 Å². The fraction of sp³-hybridized carbons (Fsp3) is 0.333. The lowest BCUT2D eigenvalue weighted by atomic mass is 10.1. The molecule has 3 N–H and O–H groups in total. The molecule has 144 valence electrons. The third kappa shape index (κ3) is 7.04. The molecule has 6 heteroatoms. The highest BCUT2D eigenvalue weighted by Crippen LogP contribution is 2.14. The van der Waals surface area contributed by atoms with Gasteiger partial charge in [0.25, 0.3) is 5.91 Å². The van der Waals surface area contributed by atoms with Gasteiger partial charge in [-0.05, 0) is 69.7 Å². The van der Waals surface area contributed by atoms with Crippen LogP contribution >= 0.6 is 11.6 Å². The summed E-state index contributed by atoms with van der Waals surface area (Å²) in [6, 6.07) is 13.9. The van der Waals surface area contributed by atoms with Crippen molar-refractivity contribution in [1.29, 1.82) is 0 Å². The predicted molar refractivity (Wildman–Crippen MR) is 110 cm³/mol. The van der Waals surface area contributed by atoms with Crippen molar-refractivity contribution in [3.63, 3.8) is 0 Å². The SMILES string of the molecule is CC(NCc1cccc(NC(=O)c2ccc(Cl)cc2)c1)C(=O)NC(C)(C)C. The van der Waals surface area contributed by atoms with E-state index in [0.717, 1.165) is 5.56 Å². The van der Waals surface area contributed by atoms with Crippen LogP contribution in [0.4, 0.5) is 5.69 Å². The van der Waals surface area contributed by atoms with E-state index in [1.54, 1.807) is 24.3 Å². The maximum Gasteiger partial charge on any atom is 0.255 e. The fourth-order valence-electron chi connectivity index (χ4n) is 2.41. The molecule has 0 aliphatic heterocycles. The summed E-state index contributed by atoms with van der Waals surface area (Å²) < 4.78 is 0. The number of amides is 2. The normalized spacial score (nSPS) is 12.3. The molecule has 0 fully saturated rings. The van der Waals surface area contributed by atoms with E-state index in [1.807, 2.05) is 52.0 Å². The van der Waals surface area contributed by atoms with Crippen molar-refractivity contribution < 1.29 is 9.59 Å². The van der Waals surface area contributed by atoms with Crippen molar-refractivity contribution in [3.05, 3.63) is 64.7 Å². The van der Waals surface area contributed by atoms with E-state index in [9.17, 15) is 9.59 Å². The first-order valence-electron chi connectivity index (χ1n) is 8.85. The Morgan fingerprint density at radius 2 is 1.74 bits per heavy atom. The Labute approximate surface area is 165 Å². The summed E-state index contributed by atoms with van der Waals surface area (Å²) in [4.78, 5) is 24.4. The van der Waals surface area contributed by atoms with Gasteiger partial charge in [-0.3, -0.25) is 9.59 Å². The second-order valence-corrected chi connectivity index (χ2v) is 7.94. The number of anilines is 1. The number of halogens is 1.